The first-order valence-electron chi connectivity index (χ1n) is 7.64. The van der Waals surface area contributed by atoms with E-state index in [-0.39, 0.29) is 11.4 Å². The SMILES string of the molecule is Cc1c2c(C(=O)O)nccc2c(C)c2c1c1cc(O)ccc1n2C. The molecule has 0 amide bonds. The number of carboxylic acids is 1. The molecule has 2 heterocycles. The molecule has 0 radical (unpaired) electrons. The predicted octanol–water partition coefficient (Wildman–Crippen LogP) is 3.90. The highest BCUT2D eigenvalue weighted by Crippen LogP contribution is 2.39. The van der Waals surface area contributed by atoms with E-state index < -0.39 is 5.97 Å². The Labute approximate surface area is 137 Å². The zero-order valence-electron chi connectivity index (χ0n) is 13.6. The van der Waals surface area contributed by atoms with Crippen molar-refractivity contribution in [1.29, 1.82) is 0 Å². The highest BCUT2D eigenvalue weighted by Gasteiger charge is 2.20. The van der Waals surface area contributed by atoms with Crippen molar-refractivity contribution < 1.29 is 15.0 Å². The summed E-state index contributed by atoms with van der Waals surface area (Å²) < 4.78 is 2.09. The average molecular weight is 320 g/mol. The summed E-state index contributed by atoms with van der Waals surface area (Å²) in [7, 11) is 1.99. The average Bonchev–Trinajstić information content (AvgIpc) is 2.84. The molecule has 24 heavy (non-hydrogen) atoms. The summed E-state index contributed by atoms with van der Waals surface area (Å²) in [5.74, 6) is -0.845. The number of rotatable bonds is 1. The molecule has 4 rings (SSSR count). The van der Waals surface area contributed by atoms with Gasteiger partial charge in [-0.15, -0.1) is 0 Å². The first-order chi connectivity index (χ1) is 11.4. The lowest BCUT2D eigenvalue weighted by Gasteiger charge is -2.12. The number of fused-ring (bicyclic) bond motifs is 4. The van der Waals surface area contributed by atoms with Gasteiger partial charge in [0.05, 0.1) is 5.52 Å². The fraction of sp³-hybridized carbons (Fsp3) is 0.158. The predicted molar refractivity (Wildman–Crippen MR) is 93.8 cm³/mol. The molecule has 0 aliphatic carbocycles. The number of carbonyl (C=O) groups is 1. The van der Waals surface area contributed by atoms with E-state index in [4.69, 9.17) is 0 Å². The van der Waals surface area contributed by atoms with E-state index in [1.165, 1.54) is 0 Å². The molecular formula is C19H16N2O3. The number of aromatic nitrogens is 2. The Morgan fingerprint density at radius 3 is 2.54 bits per heavy atom. The van der Waals surface area contributed by atoms with Crippen LogP contribution >= 0.6 is 0 Å². The van der Waals surface area contributed by atoms with Gasteiger partial charge in [-0.05, 0) is 54.6 Å². The van der Waals surface area contributed by atoms with Crippen molar-refractivity contribution in [3.8, 4) is 5.75 Å². The van der Waals surface area contributed by atoms with Gasteiger partial charge in [0.25, 0.3) is 0 Å². The second-order valence-corrected chi connectivity index (χ2v) is 6.12. The number of aryl methyl sites for hydroxylation is 3. The Balaban J connectivity index is 2.39. The first-order valence-corrected chi connectivity index (χ1v) is 7.64. The largest absolute Gasteiger partial charge is 0.508 e. The molecule has 0 aliphatic rings. The first kappa shape index (κ1) is 14.5. The van der Waals surface area contributed by atoms with Crippen LogP contribution in [-0.4, -0.2) is 25.7 Å². The maximum atomic E-state index is 11.6. The topological polar surface area (TPSA) is 75.3 Å². The van der Waals surface area contributed by atoms with Gasteiger partial charge in [-0.25, -0.2) is 9.78 Å². The van der Waals surface area contributed by atoms with Gasteiger partial charge >= 0.3 is 5.97 Å². The molecular weight excluding hydrogens is 304 g/mol. The van der Waals surface area contributed by atoms with E-state index in [1.807, 2.05) is 33.0 Å². The van der Waals surface area contributed by atoms with Crippen LogP contribution in [0.3, 0.4) is 0 Å². The number of phenols is 1. The summed E-state index contributed by atoms with van der Waals surface area (Å²) in [6.45, 7) is 3.91. The zero-order valence-corrected chi connectivity index (χ0v) is 13.6. The molecule has 2 aromatic heterocycles. The minimum atomic E-state index is -1.04. The molecule has 2 N–H and O–H groups in total. The molecule has 0 saturated carbocycles. The van der Waals surface area contributed by atoms with E-state index in [1.54, 1.807) is 18.3 Å². The Morgan fingerprint density at radius 2 is 1.83 bits per heavy atom. The van der Waals surface area contributed by atoms with Crippen LogP contribution in [0.25, 0.3) is 32.6 Å². The van der Waals surface area contributed by atoms with Crippen LogP contribution in [0.4, 0.5) is 0 Å². The summed E-state index contributed by atoms with van der Waals surface area (Å²) in [6.07, 6.45) is 1.54. The number of aromatic carboxylic acids is 1. The molecule has 0 spiro atoms. The van der Waals surface area contributed by atoms with Crippen LogP contribution in [0.15, 0.2) is 30.5 Å². The third-order valence-electron chi connectivity index (χ3n) is 4.85. The van der Waals surface area contributed by atoms with Crippen LogP contribution in [0.1, 0.15) is 21.6 Å². The van der Waals surface area contributed by atoms with E-state index in [0.29, 0.717) is 5.39 Å². The zero-order chi connectivity index (χ0) is 17.2. The van der Waals surface area contributed by atoms with Crippen LogP contribution in [0.2, 0.25) is 0 Å². The molecule has 5 nitrogen and oxygen atoms in total. The number of hydrogen-bond acceptors (Lipinski definition) is 3. The molecule has 4 aromatic rings. The van der Waals surface area contributed by atoms with Crippen LogP contribution in [0.5, 0.6) is 5.75 Å². The molecule has 5 heteroatoms. The molecule has 0 fully saturated rings. The molecule has 0 bridgehead atoms. The van der Waals surface area contributed by atoms with Gasteiger partial charge in [0.15, 0.2) is 5.69 Å². The van der Waals surface area contributed by atoms with Gasteiger partial charge in [-0.3, -0.25) is 0 Å². The van der Waals surface area contributed by atoms with Crippen molar-refractivity contribution in [2.24, 2.45) is 7.05 Å². The standard InChI is InChI=1S/C19H16N2O3/c1-9-12-6-7-20-17(19(23)24)15(12)10(2)16-13-8-11(22)4-5-14(13)21(3)18(9)16/h4-8,22H,1-3H3,(H,23,24). The van der Waals surface area contributed by atoms with Gasteiger partial charge in [-0.1, -0.05) is 0 Å². The maximum absolute atomic E-state index is 11.6. The number of phenolic OH excluding ortho intramolecular Hbond substituents is 1. The Bertz CT molecular complexity index is 1170. The minimum Gasteiger partial charge on any atom is -0.508 e. The highest BCUT2D eigenvalue weighted by molar-refractivity contribution is 6.19. The van der Waals surface area contributed by atoms with Gasteiger partial charge < -0.3 is 14.8 Å². The van der Waals surface area contributed by atoms with Crippen LogP contribution < -0.4 is 0 Å². The second kappa shape index (κ2) is 4.71. The monoisotopic (exact) mass is 320 g/mol. The number of benzene rings is 2. The van der Waals surface area contributed by atoms with E-state index in [9.17, 15) is 15.0 Å². The number of pyridine rings is 1. The fourth-order valence-electron chi connectivity index (χ4n) is 3.82. The quantitative estimate of drug-likeness (QED) is 0.558. The van der Waals surface area contributed by atoms with Crippen molar-refractivity contribution >= 4 is 38.5 Å². The summed E-state index contributed by atoms with van der Waals surface area (Å²) in [5, 5.41) is 22.8. The van der Waals surface area contributed by atoms with E-state index >= 15 is 0 Å². The number of carboxylic acid groups (broad SMARTS) is 1. The third-order valence-corrected chi connectivity index (χ3v) is 4.85. The van der Waals surface area contributed by atoms with Crippen molar-refractivity contribution in [2.45, 2.75) is 13.8 Å². The van der Waals surface area contributed by atoms with E-state index in [2.05, 4.69) is 9.55 Å². The number of hydrogen-bond donors (Lipinski definition) is 2. The molecule has 0 saturated heterocycles. The Hall–Kier alpha value is -3.08. The normalized spacial score (nSPS) is 11.6. The lowest BCUT2D eigenvalue weighted by atomic mass is 9.95. The van der Waals surface area contributed by atoms with Gasteiger partial charge in [0.1, 0.15) is 5.75 Å². The fourth-order valence-corrected chi connectivity index (χ4v) is 3.82. The molecule has 0 aliphatic heterocycles. The molecule has 0 atom stereocenters. The van der Waals surface area contributed by atoms with Crippen LogP contribution in [0, 0.1) is 13.8 Å². The van der Waals surface area contributed by atoms with Crippen LogP contribution in [-0.2, 0) is 7.05 Å². The number of aromatic hydroxyl groups is 1. The summed E-state index contributed by atoms with van der Waals surface area (Å²) in [4.78, 5) is 15.7. The molecule has 0 unspecified atom stereocenters. The van der Waals surface area contributed by atoms with E-state index in [0.717, 1.165) is 38.3 Å². The maximum Gasteiger partial charge on any atom is 0.355 e. The Morgan fingerprint density at radius 1 is 1.08 bits per heavy atom. The summed E-state index contributed by atoms with van der Waals surface area (Å²) in [6, 6.07) is 7.13. The van der Waals surface area contributed by atoms with Crippen molar-refractivity contribution in [3.63, 3.8) is 0 Å². The van der Waals surface area contributed by atoms with Gasteiger partial charge in [0.2, 0.25) is 0 Å². The van der Waals surface area contributed by atoms with Crippen molar-refractivity contribution in [3.05, 3.63) is 47.3 Å². The molecule has 2 aromatic carbocycles. The lowest BCUT2D eigenvalue weighted by Crippen LogP contribution is -2.03. The summed E-state index contributed by atoms with van der Waals surface area (Å²) in [5.41, 5.74) is 3.98. The smallest absolute Gasteiger partial charge is 0.355 e. The minimum absolute atomic E-state index is 0.0622. The van der Waals surface area contributed by atoms with Crippen molar-refractivity contribution in [2.75, 3.05) is 0 Å². The van der Waals surface area contributed by atoms with Crippen molar-refractivity contribution in [1.82, 2.24) is 9.55 Å². The third kappa shape index (κ3) is 1.69. The lowest BCUT2D eigenvalue weighted by molar-refractivity contribution is 0.0693. The molecule has 120 valence electrons. The second-order valence-electron chi connectivity index (χ2n) is 6.12. The van der Waals surface area contributed by atoms with Gasteiger partial charge in [-0.2, -0.15) is 0 Å². The Kier molecular flexibility index (Phi) is 2.85. The summed E-state index contributed by atoms with van der Waals surface area (Å²) >= 11 is 0. The highest BCUT2D eigenvalue weighted by atomic mass is 16.4. The number of nitrogens with zero attached hydrogens (tertiary/aromatic N) is 2. The van der Waals surface area contributed by atoms with Gasteiger partial charge in [0, 0.05) is 34.9 Å².